The predicted molar refractivity (Wildman–Crippen MR) is 113 cm³/mol. The number of hydrogen-bond donors (Lipinski definition) is 1. The predicted octanol–water partition coefficient (Wildman–Crippen LogP) is 4.79. The van der Waals surface area contributed by atoms with Crippen molar-refractivity contribution in [2.24, 2.45) is 53.3 Å². The van der Waals surface area contributed by atoms with E-state index >= 15 is 0 Å². The van der Waals surface area contributed by atoms with E-state index in [0.717, 1.165) is 53.9 Å². The van der Waals surface area contributed by atoms with E-state index in [1.807, 2.05) is 0 Å². The lowest BCUT2D eigenvalue weighted by Gasteiger charge is -2.53. The quantitative estimate of drug-likeness (QED) is 0.647. The fraction of sp³-hybridized carbons (Fsp3) is 1.00. The van der Waals surface area contributed by atoms with Gasteiger partial charge in [0.2, 0.25) is 0 Å². The fourth-order valence-corrected chi connectivity index (χ4v) is 9.50. The molecule has 6 fully saturated rings. The molecular weight excluding hydrogens is 346 g/mol. The second kappa shape index (κ2) is 7.24. The van der Waals surface area contributed by atoms with Crippen molar-refractivity contribution < 1.29 is 10.2 Å². The minimum absolute atomic E-state index is 0. The second-order valence-corrected chi connectivity index (χ2v) is 11.7. The van der Waals surface area contributed by atoms with Crippen molar-refractivity contribution in [3.63, 3.8) is 0 Å². The van der Waals surface area contributed by atoms with Gasteiger partial charge in [0.05, 0.1) is 6.10 Å². The van der Waals surface area contributed by atoms with Gasteiger partial charge in [-0.15, -0.1) is 0 Å². The first-order chi connectivity index (χ1) is 13.2. The van der Waals surface area contributed by atoms with Crippen LogP contribution in [0.5, 0.6) is 0 Å². The smallest absolute Gasteiger partial charge is 0.122 e. The first kappa shape index (κ1) is 19.8. The fourth-order valence-electron chi connectivity index (χ4n) is 9.50. The maximum atomic E-state index is 6.94. The van der Waals surface area contributed by atoms with Crippen LogP contribution in [-0.2, 0) is 4.74 Å². The molecule has 0 aromatic heterocycles. The van der Waals surface area contributed by atoms with E-state index in [1.165, 1.54) is 38.5 Å². The Morgan fingerprint density at radius 3 is 2.36 bits per heavy atom. The van der Waals surface area contributed by atoms with Gasteiger partial charge in [0.25, 0.3) is 0 Å². The van der Waals surface area contributed by atoms with Gasteiger partial charge in [0.1, 0.15) is 5.72 Å². The van der Waals surface area contributed by atoms with Gasteiger partial charge >= 0.3 is 0 Å². The molecular formula is C25H43NO2. The molecule has 2 aliphatic heterocycles. The van der Waals surface area contributed by atoms with Crippen molar-refractivity contribution in [1.82, 2.24) is 5.32 Å². The number of piperidine rings is 1. The zero-order valence-electron chi connectivity index (χ0n) is 18.2. The summed E-state index contributed by atoms with van der Waals surface area (Å²) in [6.07, 6.45) is 16.9. The summed E-state index contributed by atoms with van der Waals surface area (Å²) in [6, 6.07) is 0. The van der Waals surface area contributed by atoms with Crippen LogP contribution in [0.2, 0.25) is 0 Å². The summed E-state index contributed by atoms with van der Waals surface area (Å²) in [5, 5.41) is 3.89. The summed E-state index contributed by atoms with van der Waals surface area (Å²) in [4.78, 5) is 0. The molecule has 4 saturated carbocycles. The van der Waals surface area contributed by atoms with Crippen LogP contribution in [0.25, 0.3) is 0 Å². The highest BCUT2D eigenvalue weighted by Gasteiger charge is 2.63. The molecule has 4 aliphatic carbocycles. The molecule has 2 heterocycles. The molecule has 6 rings (SSSR count). The Morgan fingerprint density at radius 2 is 1.54 bits per heavy atom. The Balaban J connectivity index is 0.00000171. The largest absolute Gasteiger partial charge is 0.412 e. The number of ether oxygens (including phenoxy) is 1. The third-order valence-corrected chi connectivity index (χ3v) is 10.7. The first-order valence-corrected chi connectivity index (χ1v) is 12.6. The summed E-state index contributed by atoms with van der Waals surface area (Å²) in [6.45, 7) is 6.09. The van der Waals surface area contributed by atoms with Crippen LogP contribution in [0, 0.1) is 53.3 Å². The van der Waals surface area contributed by atoms with Crippen molar-refractivity contribution >= 4 is 0 Å². The second-order valence-electron chi connectivity index (χ2n) is 11.7. The third-order valence-electron chi connectivity index (χ3n) is 10.7. The average molecular weight is 390 g/mol. The first-order valence-electron chi connectivity index (χ1n) is 12.6. The van der Waals surface area contributed by atoms with Crippen LogP contribution >= 0.6 is 0 Å². The Labute approximate surface area is 172 Å². The normalized spacial score (nSPS) is 57.6. The minimum atomic E-state index is 0. The molecule has 0 amide bonds. The molecule has 3 nitrogen and oxygen atoms in total. The molecule has 28 heavy (non-hydrogen) atoms. The zero-order valence-corrected chi connectivity index (χ0v) is 18.2. The van der Waals surface area contributed by atoms with Crippen LogP contribution in [0.1, 0.15) is 84.5 Å². The topological polar surface area (TPSA) is 52.8 Å². The summed E-state index contributed by atoms with van der Waals surface area (Å²) < 4.78 is 6.94. The van der Waals surface area contributed by atoms with E-state index in [9.17, 15) is 0 Å². The lowest BCUT2D eigenvalue weighted by atomic mass is 9.53. The van der Waals surface area contributed by atoms with Crippen molar-refractivity contribution in [2.75, 3.05) is 6.54 Å². The standard InChI is InChI=1S/C25H41NO.H2O/c1-15-11-12-25(26-14-15)16(2)24-21-10-9-19-18-6-4-3-5-17(18)7-8-20(19)22(21)13-23(24)27-25;/h15-24,26H,3-14H2,1-2H3;1H2/t15?,16?,17?,18?,19-,20?,21?,22?,23?,24?,25?;/m0./s1. The highest BCUT2D eigenvalue weighted by molar-refractivity contribution is 5.10. The number of hydrogen-bond acceptors (Lipinski definition) is 2. The molecule has 3 heteroatoms. The number of nitrogens with one attached hydrogen (secondary N) is 1. The lowest BCUT2D eigenvalue weighted by molar-refractivity contribution is -0.111. The van der Waals surface area contributed by atoms with Crippen LogP contribution in [0.4, 0.5) is 0 Å². The van der Waals surface area contributed by atoms with Crippen LogP contribution < -0.4 is 5.32 Å². The van der Waals surface area contributed by atoms with Gasteiger partial charge in [-0.3, -0.25) is 5.32 Å². The van der Waals surface area contributed by atoms with Crippen molar-refractivity contribution in [2.45, 2.75) is 96.3 Å². The van der Waals surface area contributed by atoms with Gasteiger partial charge in [-0.1, -0.05) is 33.1 Å². The molecule has 1 spiro atoms. The molecule has 160 valence electrons. The molecule has 0 radical (unpaired) electrons. The maximum Gasteiger partial charge on any atom is 0.122 e. The lowest BCUT2D eigenvalue weighted by Crippen LogP contribution is -2.55. The summed E-state index contributed by atoms with van der Waals surface area (Å²) in [5.41, 5.74) is 0.0324. The number of rotatable bonds is 0. The van der Waals surface area contributed by atoms with Gasteiger partial charge in [-0.2, -0.15) is 0 Å². The highest BCUT2D eigenvalue weighted by atomic mass is 16.5. The Hall–Kier alpha value is -0.120. The van der Waals surface area contributed by atoms with Crippen molar-refractivity contribution in [1.29, 1.82) is 0 Å². The van der Waals surface area contributed by atoms with E-state index in [4.69, 9.17) is 4.74 Å². The van der Waals surface area contributed by atoms with Gasteiger partial charge in [-0.25, -0.2) is 0 Å². The van der Waals surface area contributed by atoms with E-state index in [-0.39, 0.29) is 11.2 Å². The van der Waals surface area contributed by atoms with Gasteiger partial charge in [0.15, 0.2) is 0 Å². The van der Waals surface area contributed by atoms with E-state index in [2.05, 4.69) is 19.2 Å². The molecule has 11 atom stereocenters. The van der Waals surface area contributed by atoms with E-state index < -0.39 is 0 Å². The van der Waals surface area contributed by atoms with Crippen LogP contribution in [-0.4, -0.2) is 23.8 Å². The van der Waals surface area contributed by atoms with E-state index in [0.29, 0.717) is 12.0 Å². The molecule has 10 unspecified atom stereocenters. The number of fused-ring (bicyclic) bond motifs is 7. The van der Waals surface area contributed by atoms with Gasteiger partial charge < -0.3 is 10.2 Å². The molecule has 0 bridgehead atoms. The Bertz CT molecular complexity index is 571. The summed E-state index contributed by atoms with van der Waals surface area (Å²) in [7, 11) is 0. The molecule has 3 N–H and O–H groups in total. The van der Waals surface area contributed by atoms with Crippen LogP contribution in [0.3, 0.4) is 0 Å². The Morgan fingerprint density at radius 1 is 0.786 bits per heavy atom. The molecule has 0 aromatic rings. The highest BCUT2D eigenvalue weighted by Crippen LogP contribution is 2.63. The van der Waals surface area contributed by atoms with Gasteiger partial charge in [0, 0.05) is 12.5 Å². The third kappa shape index (κ3) is 2.78. The average Bonchev–Trinajstić information content (AvgIpc) is 3.18. The molecule has 6 aliphatic rings. The van der Waals surface area contributed by atoms with Crippen molar-refractivity contribution in [3.05, 3.63) is 0 Å². The van der Waals surface area contributed by atoms with Crippen LogP contribution in [0.15, 0.2) is 0 Å². The van der Waals surface area contributed by atoms with Crippen molar-refractivity contribution in [3.8, 4) is 0 Å². The van der Waals surface area contributed by atoms with E-state index in [1.54, 1.807) is 32.1 Å². The van der Waals surface area contributed by atoms with Gasteiger partial charge in [-0.05, 0) is 98.7 Å². The Kier molecular flexibility index (Phi) is 5.12. The maximum absolute atomic E-state index is 6.94. The molecule has 2 saturated heterocycles. The summed E-state index contributed by atoms with van der Waals surface area (Å²) >= 11 is 0. The summed E-state index contributed by atoms with van der Waals surface area (Å²) in [5.74, 6) is 8.71. The SMILES string of the molecule is CC1CCC2(NC1)OC1CC3C(CC[C@H]4C5CCCCC5CCC34)C1C2C.O. The zero-order chi connectivity index (χ0) is 18.2. The molecule has 0 aromatic carbocycles. The minimum Gasteiger partial charge on any atom is -0.412 e. The monoisotopic (exact) mass is 389 g/mol.